The van der Waals surface area contributed by atoms with Crippen molar-refractivity contribution in [3.63, 3.8) is 0 Å². The number of halogens is 2. The van der Waals surface area contributed by atoms with Gasteiger partial charge >= 0.3 is 5.91 Å². The van der Waals surface area contributed by atoms with Gasteiger partial charge in [0.15, 0.2) is 5.76 Å². The fraction of sp³-hybridized carbons (Fsp3) is 0.176. The molecule has 7 heteroatoms. The molecule has 0 fully saturated rings. The van der Waals surface area contributed by atoms with Gasteiger partial charge in [0, 0.05) is 0 Å². The van der Waals surface area contributed by atoms with Crippen LogP contribution < -0.4 is 4.74 Å². The van der Waals surface area contributed by atoms with Crippen LogP contribution in [0.5, 0.6) is 5.75 Å². The Kier molecular flexibility index (Phi) is 4.91. The number of ether oxygens (including phenoxy) is 1. The van der Waals surface area contributed by atoms with Crippen molar-refractivity contribution in [1.29, 1.82) is 0 Å². The molecule has 1 aromatic carbocycles. The molecular formula is C17H14Br2N2O3. The Morgan fingerprint density at radius 2 is 1.96 bits per heavy atom. The first-order chi connectivity index (χ1) is 11.5. The molecule has 5 nitrogen and oxygen atoms in total. The second-order valence-corrected chi connectivity index (χ2v) is 6.83. The Bertz CT molecular complexity index is 899. The zero-order valence-corrected chi connectivity index (χ0v) is 16.2. The lowest BCUT2D eigenvalue weighted by atomic mass is 10.3. The Morgan fingerprint density at radius 1 is 1.21 bits per heavy atom. The van der Waals surface area contributed by atoms with E-state index in [0.717, 1.165) is 20.3 Å². The van der Waals surface area contributed by atoms with Crippen molar-refractivity contribution in [3.05, 3.63) is 68.3 Å². The Morgan fingerprint density at radius 3 is 2.62 bits per heavy atom. The molecule has 0 spiro atoms. The SMILES string of the molecule is Cc1nn(C(=O)c2ccc(COc3ccccc3Br)o2)c(C)c1Br. The molecular weight excluding hydrogens is 440 g/mol. The standard InChI is InChI=1S/C17H14Br2N2O3/c1-10-16(19)11(2)21(20-10)17(22)15-8-7-12(24-15)9-23-14-6-4-3-5-13(14)18/h3-8H,9H2,1-2H3. The Balaban J connectivity index is 1.74. The summed E-state index contributed by atoms with van der Waals surface area (Å²) >= 11 is 6.83. The molecule has 0 aliphatic heterocycles. The van der Waals surface area contributed by atoms with Crippen LogP contribution in [-0.2, 0) is 6.61 Å². The second-order valence-electron chi connectivity index (χ2n) is 5.19. The molecule has 0 radical (unpaired) electrons. The first kappa shape index (κ1) is 17.0. The van der Waals surface area contributed by atoms with E-state index in [0.29, 0.717) is 11.5 Å². The van der Waals surface area contributed by atoms with Gasteiger partial charge in [-0.05, 0) is 70.0 Å². The van der Waals surface area contributed by atoms with Crippen LogP contribution in [0.4, 0.5) is 0 Å². The minimum absolute atomic E-state index is 0.221. The van der Waals surface area contributed by atoms with Crippen LogP contribution in [0.1, 0.15) is 27.7 Å². The topological polar surface area (TPSA) is 57.3 Å². The summed E-state index contributed by atoms with van der Waals surface area (Å²) in [7, 11) is 0. The maximum absolute atomic E-state index is 12.5. The third-order valence-corrected chi connectivity index (χ3v) is 5.28. The van der Waals surface area contributed by atoms with Crippen LogP contribution in [0.2, 0.25) is 0 Å². The number of aryl methyl sites for hydroxylation is 1. The summed E-state index contributed by atoms with van der Waals surface area (Å²) in [5.74, 6) is 1.19. The summed E-state index contributed by atoms with van der Waals surface area (Å²) in [6.45, 7) is 3.89. The van der Waals surface area contributed by atoms with Gasteiger partial charge in [0.2, 0.25) is 0 Å². The van der Waals surface area contributed by atoms with Crippen molar-refractivity contribution < 1.29 is 13.9 Å². The zero-order chi connectivity index (χ0) is 17.3. The van der Waals surface area contributed by atoms with E-state index in [4.69, 9.17) is 9.15 Å². The molecule has 0 aliphatic rings. The molecule has 0 amide bonds. The molecule has 2 heterocycles. The van der Waals surface area contributed by atoms with E-state index in [-0.39, 0.29) is 18.3 Å². The lowest BCUT2D eigenvalue weighted by Gasteiger charge is -2.05. The summed E-state index contributed by atoms with van der Waals surface area (Å²) in [4.78, 5) is 12.5. The number of aromatic nitrogens is 2. The number of para-hydroxylation sites is 1. The quantitative estimate of drug-likeness (QED) is 0.564. The van der Waals surface area contributed by atoms with Crippen LogP contribution in [0.25, 0.3) is 0 Å². The third-order valence-electron chi connectivity index (χ3n) is 3.47. The van der Waals surface area contributed by atoms with E-state index in [2.05, 4.69) is 37.0 Å². The van der Waals surface area contributed by atoms with E-state index in [1.54, 1.807) is 12.1 Å². The van der Waals surface area contributed by atoms with Gasteiger partial charge in [-0.2, -0.15) is 9.78 Å². The fourth-order valence-corrected chi connectivity index (χ4v) is 2.85. The molecule has 3 aromatic rings. The number of carbonyl (C=O) groups excluding carboxylic acids is 1. The summed E-state index contributed by atoms with van der Waals surface area (Å²) in [5.41, 5.74) is 1.49. The van der Waals surface area contributed by atoms with Crippen molar-refractivity contribution >= 4 is 37.8 Å². The zero-order valence-electron chi connectivity index (χ0n) is 13.0. The highest BCUT2D eigenvalue weighted by Gasteiger charge is 2.19. The van der Waals surface area contributed by atoms with Gasteiger partial charge in [-0.1, -0.05) is 12.1 Å². The predicted molar refractivity (Wildman–Crippen MR) is 96.3 cm³/mol. The summed E-state index contributed by atoms with van der Waals surface area (Å²) < 4.78 is 14.3. The molecule has 2 aromatic heterocycles. The van der Waals surface area contributed by atoms with Crippen molar-refractivity contribution in [2.24, 2.45) is 0 Å². The second kappa shape index (κ2) is 6.94. The molecule has 124 valence electrons. The average Bonchev–Trinajstić information content (AvgIpc) is 3.14. The Hall–Kier alpha value is -1.86. The molecule has 0 atom stereocenters. The largest absolute Gasteiger partial charge is 0.484 e. The van der Waals surface area contributed by atoms with E-state index in [9.17, 15) is 4.79 Å². The highest BCUT2D eigenvalue weighted by atomic mass is 79.9. The van der Waals surface area contributed by atoms with Crippen molar-refractivity contribution in [1.82, 2.24) is 9.78 Å². The van der Waals surface area contributed by atoms with E-state index in [1.165, 1.54) is 4.68 Å². The van der Waals surface area contributed by atoms with Gasteiger partial charge in [0.1, 0.15) is 18.1 Å². The number of furan rings is 1. The van der Waals surface area contributed by atoms with Crippen molar-refractivity contribution in [2.45, 2.75) is 20.5 Å². The molecule has 0 N–H and O–H groups in total. The minimum atomic E-state index is -0.312. The third kappa shape index (κ3) is 3.32. The smallest absolute Gasteiger partial charge is 0.314 e. The van der Waals surface area contributed by atoms with Crippen LogP contribution in [-0.4, -0.2) is 15.7 Å². The minimum Gasteiger partial charge on any atom is -0.484 e. The Labute approximate surface area is 155 Å². The fourth-order valence-electron chi connectivity index (χ4n) is 2.21. The number of carbonyl (C=O) groups is 1. The van der Waals surface area contributed by atoms with Crippen molar-refractivity contribution in [2.75, 3.05) is 0 Å². The van der Waals surface area contributed by atoms with Crippen LogP contribution in [0.3, 0.4) is 0 Å². The monoisotopic (exact) mass is 452 g/mol. The first-order valence-electron chi connectivity index (χ1n) is 7.20. The van der Waals surface area contributed by atoms with E-state index in [1.807, 2.05) is 38.1 Å². The molecule has 3 rings (SSSR count). The van der Waals surface area contributed by atoms with Gasteiger partial charge in [-0.3, -0.25) is 4.79 Å². The highest BCUT2D eigenvalue weighted by Crippen LogP contribution is 2.25. The molecule has 0 aliphatic carbocycles. The van der Waals surface area contributed by atoms with Gasteiger partial charge in [-0.25, -0.2) is 0 Å². The van der Waals surface area contributed by atoms with Crippen molar-refractivity contribution in [3.8, 4) is 5.75 Å². The normalized spacial score (nSPS) is 10.8. The van der Waals surface area contributed by atoms with Gasteiger partial charge in [0.25, 0.3) is 0 Å². The first-order valence-corrected chi connectivity index (χ1v) is 8.78. The molecule has 0 saturated heterocycles. The van der Waals surface area contributed by atoms with E-state index >= 15 is 0 Å². The van der Waals surface area contributed by atoms with E-state index < -0.39 is 0 Å². The number of hydrogen-bond acceptors (Lipinski definition) is 4. The lowest BCUT2D eigenvalue weighted by Crippen LogP contribution is -2.14. The van der Waals surface area contributed by atoms with Crippen LogP contribution in [0, 0.1) is 13.8 Å². The molecule has 0 saturated carbocycles. The van der Waals surface area contributed by atoms with Gasteiger partial charge < -0.3 is 9.15 Å². The maximum atomic E-state index is 12.5. The van der Waals surface area contributed by atoms with Crippen LogP contribution >= 0.6 is 31.9 Å². The average molecular weight is 454 g/mol. The van der Waals surface area contributed by atoms with Crippen LogP contribution in [0.15, 0.2) is 49.8 Å². The number of rotatable bonds is 4. The number of hydrogen-bond donors (Lipinski definition) is 0. The highest BCUT2D eigenvalue weighted by molar-refractivity contribution is 9.10. The number of benzene rings is 1. The summed E-state index contributed by atoms with van der Waals surface area (Å²) in [6.07, 6.45) is 0. The lowest BCUT2D eigenvalue weighted by molar-refractivity contribution is 0.0910. The molecule has 0 unspecified atom stereocenters. The van der Waals surface area contributed by atoms with Gasteiger partial charge in [0.05, 0.1) is 20.3 Å². The summed E-state index contributed by atoms with van der Waals surface area (Å²) in [6, 6.07) is 10.9. The molecule has 24 heavy (non-hydrogen) atoms. The van der Waals surface area contributed by atoms with Gasteiger partial charge in [-0.15, -0.1) is 0 Å². The maximum Gasteiger partial charge on any atom is 0.314 e. The predicted octanol–water partition coefficient (Wildman–Crippen LogP) is 4.89. The summed E-state index contributed by atoms with van der Waals surface area (Å²) in [5, 5.41) is 4.22. The molecule has 0 bridgehead atoms. The number of nitrogens with zero attached hydrogens (tertiary/aromatic N) is 2.